The van der Waals surface area contributed by atoms with Crippen LogP contribution in [-0.2, 0) is 0 Å². The molecule has 0 aliphatic carbocycles. The van der Waals surface area contributed by atoms with Gasteiger partial charge in [-0.25, -0.2) is 9.97 Å². The van der Waals surface area contributed by atoms with Crippen LogP contribution in [0.1, 0.15) is 5.56 Å². The van der Waals surface area contributed by atoms with Gasteiger partial charge in [0.05, 0.1) is 7.11 Å². The predicted octanol–water partition coefficient (Wildman–Crippen LogP) is 1.90. The predicted molar refractivity (Wildman–Crippen MR) is 66.1 cm³/mol. The van der Waals surface area contributed by atoms with Gasteiger partial charge in [0.15, 0.2) is 11.6 Å². The van der Waals surface area contributed by atoms with Gasteiger partial charge in [-0.05, 0) is 18.6 Å². The molecular weight excluding hydrogens is 216 g/mol. The van der Waals surface area contributed by atoms with Crippen molar-refractivity contribution in [2.24, 2.45) is 0 Å². The third-order valence-corrected chi connectivity index (χ3v) is 2.52. The summed E-state index contributed by atoms with van der Waals surface area (Å²) in [6, 6.07) is 1.92. The zero-order valence-electron chi connectivity index (χ0n) is 10.1. The van der Waals surface area contributed by atoms with Crippen LogP contribution in [-0.4, -0.2) is 29.1 Å². The summed E-state index contributed by atoms with van der Waals surface area (Å²) < 4.78 is 5.37. The molecule has 88 valence electrons. The van der Waals surface area contributed by atoms with E-state index in [4.69, 9.17) is 4.74 Å². The molecule has 0 spiro atoms. The summed E-state index contributed by atoms with van der Waals surface area (Å²) in [5.74, 6) is 1.32. The molecule has 0 atom stereocenters. The van der Waals surface area contributed by atoms with Gasteiger partial charge in [0, 0.05) is 25.0 Å². The average molecular weight is 230 g/mol. The second-order valence-electron chi connectivity index (χ2n) is 3.54. The fraction of sp³-hybridized carbons (Fsp3) is 0.250. The van der Waals surface area contributed by atoms with E-state index in [2.05, 4.69) is 20.3 Å². The van der Waals surface area contributed by atoms with Crippen LogP contribution < -0.4 is 10.1 Å². The van der Waals surface area contributed by atoms with Crippen LogP contribution >= 0.6 is 0 Å². The van der Waals surface area contributed by atoms with Crippen molar-refractivity contribution < 1.29 is 4.74 Å². The van der Waals surface area contributed by atoms with Crippen LogP contribution in [0.25, 0.3) is 11.3 Å². The van der Waals surface area contributed by atoms with Crippen molar-refractivity contribution in [2.45, 2.75) is 6.92 Å². The maximum Gasteiger partial charge on any atom is 0.187 e. The fourth-order valence-corrected chi connectivity index (χ4v) is 1.68. The Labute approximate surface area is 99.9 Å². The molecule has 2 aromatic rings. The number of aryl methyl sites for hydroxylation is 1. The van der Waals surface area contributed by atoms with Crippen molar-refractivity contribution >= 4 is 5.82 Å². The van der Waals surface area contributed by atoms with Gasteiger partial charge in [-0.3, -0.25) is 4.98 Å². The molecule has 0 radical (unpaired) electrons. The minimum Gasteiger partial charge on any atom is -0.491 e. The van der Waals surface area contributed by atoms with E-state index in [0.29, 0.717) is 11.6 Å². The molecule has 2 rings (SSSR count). The fourth-order valence-electron chi connectivity index (χ4n) is 1.68. The Hall–Kier alpha value is -2.17. The Morgan fingerprint density at radius 3 is 2.76 bits per heavy atom. The summed E-state index contributed by atoms with van der Waals surface area (Å²) in [4.78, 5) is 12.5. The first-order chi connectivity index (χ1) is 8.27. The molecular formula is C12H14N4O. The lowest BCUT2D eigenvalue weighted by atomic mass is 10.1. The molecule has 5 nitrogen and oxygen atoms in total. The van der Waals surface area contributed by atoms with E-state index < -0.39 is 0 Å². The highest BCUT2D eigenvalue weighted by atomic mass is 16.5. The molecule has 0 unspecified atom stereocenters. The van der Waals surface area contributed by atoms with Crippen LogP contribution in [0, 0.1) is 6.92 Å². The Morgan fingerprint density at radius 1 is 1.29 bits per heavy atom. The summed E-state index contributed by atoms with van der Waals surface area (Å²) in [6.45, 7) is 1.99. The SMILES string of the molecule is CNc1ncnc(-c2ccncc2C)c1OC. The van der Waals surface area contributed by atoms with E-state index in [1.807, 2.05) is 13.0 Å². The van der Waals surface area contributed by atoms with Gasteiger partial charge in [-0.1, -0.05) is 0 Å². The number of nitrogens with zero attached hydrogens (tertiary/aromatic N) is 3. The number of ether oxygens (including phenoxy) is 1. The third-order valence-electron chi connectivity index (χ3n) is 2.52. The minimum atomic E-state index is 0.643. The molecule has 0 saturated carbocycles. The standard InChI is InChI=1S/C12H14N4O/c1-8-6-14-5-4-9(8)10-11(17-3)12(13-2)16-7-15-10/h4-7H,1-3H3,(H,13,15,16). The highest BCUT2D eigenvalue weighted by Gasteiger charge is 2.14. The molecule has 1 N–H and O–H groups in total. The topological polar surface area (TPSA) is 59.9 Å². The molecule has 0 fully saturated rings. The van der Waals surface area contributed by atoms with E-state index in [1.54, 1.807) is 26.6 Å². The molecule has 0 saturated heterocycles. The molecule has 0 aliphatic rings. The largest absolute Gasteiger partial charge is 0.491 e. The molecule has 0 bridgehead atoms. The number of rotatable bonds is 3. The molecule has 0 amide bonds. The van der Waals surface area contributed by atoms with Crippen LogP contribution in [0.15, 0.2) is 24.8 Å². The van der Waals surface area contributed by atoms with Crippen LogP contribution in [0.3, 0.4) is 0 Å². The van der Waals surface area contributed by atoms with Gasteiger partial charge in [0.1, 0.15) is 12.0 Å². The number of methoxy groups -OCH3 is 1. The van der Waals surface area contributed by atoms with Crippen molar-refractivity contribution in [3.05, 3.63) is 30.4 Å². The number of hydrogen-bond donors (Lipinski definition) is 1. The second-order valence-corrected chi connectivity index (χ2v) is 3.54. The Morgan fingerprint density at radius 2 is 2.12 bits per heavy atom. The summed E-state index contributed by atoms with van der Waals surface area (Å²) in [7, 11) is 3.41. The monoisotopic (exact) mass is 230 g/mol. The van der Waals surface area contributed by atoms with Crippen molar-refractivity contribution in [1.29, 1.82) is 0 Å². The minimum absolute atomic E-state index is 0.643. The zero-order valence-corrected chi connectivity index (χ0v) is 10.1. The second kappa shape index (κ2) is 4.78. The number of nitrogens with one attached hydrogen (secondary N) is 1. The van der Waals surface area contributed by atoms with E-state index in [9.17, 15) is 0 Å². The van der Waals surface area contributed by atoms with E-state index in [-0.39, 0.29) is 0 Å². The van der Waals surface area contributed by atoms with E-state index in [1.165, 1.54) is 6.33 Å². The summed E-state index contributed by atoms with van der Waals surface area (Å²) in [5.41, 5.74) is 2.81. The van der Waals surface area contributed by atoms with Gasteiger partial charge in [-0.15, -0.1) is 0 Å². The van der Waals surface area contributed by atoms with Crippen molar-refractivity contribution in [2.75, 3.05) is 19.5 Å². The highest BCUT2D eigenvalue weighted by Crippen LogP contribution is 2.33. The lowest BCUT2D eigenvalue weighted by molar-refractivity contribution is 0.415. The van der Waals surface area contributed by atoms with Crippen molar-refractivity contribution in [3.63, 3.8) is 0 Å². The van der Waals surface area contributed by atoms with Crippen LogP contribution in [0.4, 0.5) is 5.82 Å². The van der Waals surface area contributed by atoms with Gasteiger partial charge in [-0.2, -0.15) is 0 Å². The van der Waals surface area contributed by atoms with Gasteiger partial charge in [0.25, 0.3) is 0 Å². The molecule has 2 heterocycles. The number of anilines is 1. The maximum absolute atomic E-state index is 5.37. The van der Waals surface area contributed by atoms with Crippen molar-refractivity contribution in [3.8, 4) is 17.0 Å². The normalized spacial score (nSPS) is 10.1. The van der Waals surface area contributed by atoms with Gasteiger partial charge < -0.3 is 10.1 Å². The Bertz CT molecular complexity index is 528. The van der Waals surface area contributed by atoms with Crippen LogP contribution in [0.5, 0.6) is 5.75 Å². The average Bonchev–Trinajstić information content (AvgIpc) is 2.38. The van der Waals surface area contributed by atoms with Gasteiger partial charge in [0.2, 0.25) is 0 Å². The summed E-state index contributed by atoms with van der Waals surface area (Å²) in [5, 5.41) is 2.98. The molecule has 2 aromatic heterocycles. The van der Waals surface area contributed by atoms with Crippen molar-refractivity contribution in [1.82, 2.24) is 15.0 Å². The Balaban J connectivity index is 2.63. The number of pyridine rings is 1. The maximum atomic E-state index is 5.37. The smallest absolute Gasteiger partial charge is 0.187 e. The van der Waals surface area contributed by atoms with Crippen LogP contribution in [0.2, 0.25) is 0 Å². The number of hydrogen-bond acceptors (Lipinski definition) is 5. The first-order valence-electron chi connectivity index (χ1n) is 5.25. The first kappa shape index (κ1) is 11.3. The quantitative estimate of drug-likeness (QED) is 0.872. The summed E-state index contributed by atoms with van der Waals surface area (Å²) in [6.07, 6.45) is 5.06. The lowest BCUT2D eigenvalue weighted by Crippen LogP contribution is -2.01. The van der Waals surface area contributed by atoms with E-state index in [0.717, 1.165) is 16.8 Å². The lowest BCUT2D eigenvalue weighted by Gasteiger charge is -2.12. The molecule has 0 aliphatic heterocycles. The van der Waals surface area contributed by atoms with Gasteiger partial charge >= 0.3 is 0 Å². The number of aromatic nitrogens is 3. The van der Waals surface area contributed by atoms with E-state index >= 15 is 0 Å². The molecule has 0 aromatic carbocycles. The third kappa shape index (κ3) is 2.04. The summed E-state index contributed by atoms with van der Waals surface area (Å²) >= 11 is 0. The molecule has 17 heavy (non-hydrogen) atoms. The molecule has 5 heteroatoms. The first-order valence-corrected chi connectivity index (χ1v) is 5.25. The Kier molecular flexibility index (Phi) is 3.18. The zero-order chi connectivity index (χ0) is 12.3. The highest BCUT2D eigenvalue weighted by molar-refractivity contribution is 5.74.